The monoisotopic (exact) mass is 220 g/mol. The second-order valence-corrected chi connectivity index (χ2v) is 4.05. The molecule has 0 aliphatic rings. The Balaban J connectivity index is 2.62. The van der Waals surface area contributed by atoms with Crippen molar-refractivity contribution >= 4 is 11.8 Å². The lowest BCUT2D eigenvalue weighted by atomic mass is 10.0. The molecule has 0 atom stereocenters. The maximum absolute atomic E-state index is 11.7. The van der Waals surface area contributed by atoms with E-state index in [1.807, 2.05) is 32.0 Å². The molecule has 0 fully saturated rings. The molecule has 0 saturated heterocycles. The fourth-order valence-corrected chi connectivity index (χ4v) is 1.68. The number of Topliss-reactive ketones (excluding diaryl/α,β-unsaturated/α-hetero) is 1. The summed E-state index contributed by atoms with van der Waals surface area (Å²) in [5.41, 5.74) is 2.80. The average Bonchev–Trinajstić information content (AvgIpc) is 2.15. The van der Waals surface area contributed by atoms with Crippen molar-refractivity contribution in [2.24, 2.45) is 0 Å². The number of ketones is 1. The van der Waals surface area contributed by atoms with Gasteiger partial charge in [0, 0.05) is 18.4 Å². The van der Waals surface area contributed by atoms with Crippen LogP contribution in [0, 0.1) is 13.8 Å². The van der Waals surface area contributed by atoms with E-state index in [1.165, 1.54) is 0 Å². The first-order valence-corrected chi connectivity index (χ1v) is 5.32. The number of aryl methyl sites for hydroxylation is 2. The minimum absolute atomic E-state index is 0.0213. The molecule has 0 aliphatic carbocycles. The van der Waals surface area contributed by atoms with Gasteiger partial charge in [0.25, 0.3) is 0 Å². The van der Waals surface area contributed by atoms with Gasteiger partial charge in [-0.15, -0.1) is 0 Å². The smallest absolute Gasteiger partial charge is 0.303 e. The van der Waals surface area contributed by atoms with Gasteiger partial charge < -0.3 is 5.11 Å². The molecule has 0 aromatic heterocycles. The first-order chi connectivity index (χ1) is 7.49. The Morgan fingerprint density at radius 1 is 1.06 bits per heavy atom. The van der Waals surface area contributed by atoms with Crippen molar-refractivity contribution in [3.63, 3.8) is 0 Å². The summed E-state index contributed by atoms with van der Waals surface area (Å²) in [6.45, 7) is 3.89. The lowest BCUT2D eigenvalue weighted by Crippen LogP contribution is -2.02. The predicted molar refractivity (Wildman–Crippen MR) is 61.7 cm³/mol. The van der Waals surface area contributed by atoms with Crippen LogP contribution in [-0.2, 0) is 4.79 Å². The van der Waals surface area contributed by atoms with Crippen LogP contribution in [0.3, 0.4) is 0 Å². The molecule has 0 saturated carbocycles. The third-order valence-electron chi connectivity index (χ3n) is 2.34. The molecule has 0 aliphatic heterocycles. The molecule has 1 N–H and O–H groups in total. The van der Waals surface area contributed by atoms with Crippen LogP contribution in [0.2, 0.25) is 0 Å². The van der Waals surface area contributed by atoms with Crippen LogP contribution in [0.25, 0.3) is 0 Å². The van der Waals surface area contributed by atoms with Crippen molar-refractivity contribution in [2.75, 3.05) is 0 Å². The van der Waals surface area contributed by atoms with Gasteiger partial charge in [-0.1, -0.05) is 17.2 Å². The molecule has 3 nitrogen and oxygen atoms in total. The van der Waals surface area contributed by atoms with Crippen molar-refractivity contribution in [2.45, 2.75) is 33.1 Å². The highest BCUT2D eigenvalue weighted by Gasteiger charge is 2.07. The fourth-order valence-electron chi connectivity index (χ4n) is 1.68. The fraction of sp³-hybridized carbons (Fsp3) is 0.385. The Kier molecular flexibility index (Phi) is 4.23. The van der Waals surface area contributed by atoms with E-state index in [2.05, 4.69) is 0 Å². The Bertz CT molecular complexity index is 387. The molecule has 1 aromatic rings. The summed E-state index contributed by atoms with van der Waals surface area (Å²) in [4.78, 5) is 22.1. The zero-order valence-corrected chi connectivity index (χ0v) is 9.62. The van der Waals surface area contributed by atoms with Crippen LogP contribution < -0.4 is 0 Å². The minimum atomic E-state index is -0.853. The van der Waals surface area contributed by atoms with Crippen LogP contribution >= 0.6 is 0 Å². The summed E-state index contributed by atoms with van der Waals surface area (Å²) in [7, 11) is 0. The number of carbonyl (C=O) groups excluding carboxylic acids is 1. The number of carboxylic acid groups (broad SMARTS) is 1. The lowest BCUT2D eigenvalue weighted by Gasteiger charge is -2.03. The number of carboxylic acids is 1. The SMILES string of the molecule is Cc1cc(C)cc(C(=O)CCCC(=O)O)c1. The summed E-state index contributed by atoms with van der Waals surface area (Å²) < 4.78 is 0. The molecular formula is C13H16O3. The Morgan fingerprint density at radius 3 is 2.12 bits per heavy atom. The van der Waals surface area contributed by atoms with Crippen molar-refractivity contribution in [1.29, 1.82) is 0 Å². The largest absolute Gasteiger partial charge is 0.481 e. The molecule has 0 bridgehead atoms. The summed E-state index contributed by atoms with van der Waals surface area (Å²) in [6, 6.07) is 5.69. The van der Waals surface area contributed by atoms with E-state index >= 15 is 0 Å². The Labute approximate surface area is 95.1 Å². The standard InChI is InChI=1S/C13H16O3/c1-9-6-10(2)8-11(7-9)12(14)4-3-5-13(15)16/h6-8H,3-5H2,1-2H3,(H,15,16). The van der Waals surface area contributed by atoms with Crippen molar-refractivity contribution in [1.82, 2.24) is 0 Å². The zero-order valence-electron chi connectivity index (χ0n) is 9.62. The van der Waals surface area contributed by atoms with E-state index in [9.17, 15) is 9.59 Å². The van der Waals surface area contributed by atoms with Gasteiger partial charge in [0.2, 0.25) is 0 Å². The van der Waals surface area contributed by atoms with E-state index in [0.717, 1.165) is 11.1 Å². The topological polar surface area (TPSA) is 54.4 Å². The van der Waals surface area contributed by atoms with Gasteiger partial charge in [0.15, 0.2) is 5.78 Å². The molecule has 3 heteroatoms. The number of rotatable bonds is 5. The minimum Gasteiger partial charge on any atom is -0.481 e. The molecule has 1 aromatic carbocycles. The summed E-state index contributed by atoms with van der Waals surface area (Å²) >= 11 is 0. The zero-order chi connectivity index (χ0) is 12.1. The summed E-state index contributed by atoms with van der Waals surface area (Å²) in [5.74, 6) is -0.832. The van der Waals surface area contributed by atoms with Crippen molar-refractivity contribution < 1.29 is 14.7 Å². The van der Waals surface area contributed by atoms with Gasteiger partial charge >= 0.3 is 5.97 Å². The first kappa shape index (κ1) is 12.4. The normalized spacial score (nSPS) is 10.1. The second kappa shape index (κ2) is 5.45. The third kappa shape index (κ3) is 3.85. The van der Waals surface area contributed by atoms with E-state index in [1.54, 1.807) is 0 Å². The molecule has 0 unspecified atom stereocenters. The average molecular weight is 220 g/mol. The number of benzene rings is 1. The van der Waals surface area contributed by atoms with Crippen LogP contribution in [0.15, 0.2) is 18.2 Å². The predicted octanol–water partition coefficient (Wildman–Crippen LogP) is 2.74. The molecule has 16 heavy (non-hydrogen) atoms. The number of carbonyl (C=O) groups is 2. The molecule has 0 amide bonds. The highest BCUT2D eigenvalue weighted by molar-refractivity contribution is 5.96. The third-order valence-corrected chi connectivity index (χ3v) is 2.34. The van der Waals surface area contributed by atoms with Gasteiger partial charge in [0.1, 0.15) is 0 Å². The van der Waals surface area contributed by atoms with Crippen LogP contribution in [0.4, 0.5) is 0 Å². The summed E-state index contributed by atoms with van der Waals surface area (Å²) in [6.07, 6.45) is 0.757. The van der Waals surface area contributed by atoms with Gasteiger partial charge in [0.05, 0.1) is 0 Å². The van der Waals surface area contributed by atoms with Crippen molar-refractivity contribution in [3.8, 4) is 0 Å². The van der Waals surface area contributed by atoms with Gasteiger partial charge in [-0.25, -0.2) is 0 Å². The molecule has 1 rings (SSSR count). The Morgan fingerprint density at radius 2 is 1.62 bits per heavy atom. The molecule has 0 radical (unpaired) electrons. The molecule has 86 valence electrons. The number of hydrogen-bond donors (Lipinski definition) is 1. The molecule has 0 heterocycles. The number of hydrogen-bond acceptors (Lipinski definition) is 2. The molecule has 0 spiro atoms. The first-order valence-electron chi connectivity index (χ1n) is 5.32. The number of aliphatic carboxylic acids is 1. The maximum Gasteiger partial charge on any atom is 0.303 e. The Hall–Kier alpha value is -1.64. The van der Waals surface area contributed by atoms with Gasteiger partial charge in [-0.2, -0.15) is 0 Å². The quantitative estimate of drug-likeness (QED) is 0.776. The van der Waals surface area contributed by atoms with Gasteiger partial charge in [-0.05, 0) is 32.4 Å². The van der Waals surface area contributed by atoms with E-state index in [0.29, 0.717) is 18.4 Å². The highest BCUT2D eigenvalue weighted by atomic mass is 16.4. The highest BCUT2D eigenvalue weighted by Crippen LogP contribution is 2.12. The lowest BCUT2D eigenvalue weighted by molar-refractivity contribution is -0.137. The van der Waals surface area contributed by atoms with Crippen molar-refractivity contribution in [3.05, 3.63) is 34.9 Å². The van der Waals surface area contributed by atoms with E-state index in [-0.39, 0.29) is 12.2 Å². The molecular weight excluding hydrogens is 204 g/mol. The van der Waals surface area contributed by atoms with Crippen LogP contribution in [0.5, 0.6) is 0 Å². The van der Waals surface area contributed by atoms with Crippen LogP contribution in [-0.4, -0.2) is 16.9 Å². The summed E-state index contributed by atoms with van der Waals surface area (Å²) in [5, 5.41) is 8.47. The maximum atomic E-state index is 11.7. The second-order valence-electron chi connectivity index (χ2n) is 4.05. The van der Waals surface area contributed by atoms with E-state index in [4.69, 9.17) is 5.11 Å². The van der Waals surface area contributed by atoms with Crippen LogP contribution in [0.1, 0.15) is 40.7 Å². The van der Waals surface area contributed by atoms with Gasteiger partial charge in [-0.3, -0.25) is 9.59 Å². The van der Waals surface area contributed by atoms with E-state index < -0.39 is 5.97 Å².